The predicted octanol–water partition coefficient (Wildman–Crippen LogP) is 3.32. The van der Waals surface area contributed by atoms with Gasteiger partial charge >= 0.3 is 0 Å². The molecule has 1 aliphatic carbocycles. The smallest absolute Gasteiger partial charge is 0.197 e. The number of aromatic nitrogens is 5. The number of nitrogens with zero attached hydrogens (tertiary/aromatic N) is 5. The Morgan fingerprint density at radius 1 is 1.31 bits per heavy atom. The molecule has 1 atom stereocenters. The number of aryl methyl sites for hydroxylation is 3. The van der Waals surface area contributed by atoms with Gasteiger partial charge in [-0.05, 0) is 49.9 Å². The summed E-state index contributed by atoms with van der Waals surface area (Å²) >= 11 is 3.27. The molecule has 2 aliphatic rings. The molecule has 5 rings (SSSR count). The second-order valence-electron chi connectivity index (χ2n) is 7.56. The van der Waals surface area contributed by atoms with Crippen molar-refractivity contribution in [3.8, 4) is 0 Å². The number of fused-ring (bicyclic) bond motifs is 3. The SMILES string of the molecule is C=CCn1c(Sc2nc(C)nc3sc4c(c23)CCC4)nnc1[C@H]1CCS(=O)(=O)C1. The summed E-state index contributed by atoms with van der Waals surface area (Å²) in [5, 5.41) is 11.6. The fourth-order valence-electron chi connectivity index (χ4n) is 4.20. The summed E-state index contributed by atoms with van der Waals surface area (Å²) in [6, 6.07) is 0. The van der Waals surface area contributed by atoms with Gasteiger partial charge in [0.15, 0.2) is 15.0 Å². The van der Waals surface area contributed by atoms with Crippen LogP contribution in [0.2, 0.25) is 0 Å². The average molecular weight is 448 g/mol. The molecule has 7 nitrogen and oxygen atoms in total. The van der Waals surface area contributed by atoms with E-state index in [1.54, 1.807) is 17.4 Å². The molecule has 29 heavy (non-hydrogen) atoms. The van der Waals surface area contributed by atoms with Crippen molar-refractivity contribution in [3.63, 3.8) is 0 Å². The van der Waals surface area contributed by atoms with E-state index in [1.165, 1.54) is 28.6 Å². The zero-order valence-electron chi connectivity index (χ0n) is 16.1. The van der Waals surface area contributed by atoms with Gasteiger partial charge < -0.3 is 4.57 Å². The summed E-state index contributed by atoms with van der Waals surface area (Å²) in [5.41, 5.74) is 1.38. The number of hydrogen-bond donors (Lipinski definition) is 0. The van der Waals surface area contributed by atoms with Crippen LogP contribution < -0.4 is 0 Å². The maximum atomic E-state index is 11.9. The number of allylic oxidation sites excluding steroid dienone is 1. The van der Waals surface area contributed by atoms with Crippen LogP contribution in [0.1, 0.15) is 40.8 Å². The first-order valence-electron chi connectivity index (χ1n) is 9.66. The highest BCUT2D eigenvalue weighted by molar-refractivity contribution is 7.99. The van der Waals surface area contributed by atoms with E-state index in [4.69, 9.17) is 4.98 Å². The Balaban J connectivity index is 1.57. The fraction of sp³-hybridized carbons (Fsp3) is 0.474. The van der Waals surface area contributed by atoms with Crippen molar-refractivity contribution in [1.29, 1.82) is 0 Å². The highest BCUT2D eigenvalue weighted by atomic mass is 32.2. The second-order valence-corrected chi connectivity index (χ2v) is 11.8. The minimum atomic E-state index is -2.99. The maximum Gasteiger partial charge on any atom is 0.197 e. The van der Waals surface area contributed by atoms with E-state index >= 15 is 0 Å². The van der Waals surface area contributed by atoms with Crippen LogP contribution in [0.3, 0.4) is 0 Å². The van der Waals surface area contributed by atoms with Gasteiger partial charge in [-0.1, -0.05) is 6.08 Å². The van der Waals surface area contributed by atoms with Gasteiger partial charge in [-0.25, -0.2) is 18.4 Å². The summed E-state index contributed by atoms with van der Waals surface area (Å²) in [4.78, 5) is 11.9. The lowest BCUT2D eigenvalue weighted by Gasteiger charge is -2.11. The van der Waals surface area contributed by atoms with Crippen molar-refractivity contribution < 1.29 is 8.42 Å². The molecule has 0 amide bonds. The minimum absolute atomic E-state index is 0.112. The van der Waals surface area contributed by atoms with Crippen molar-refractivity contribution in [2.45, 2.75) is 55.3 Å². The third-order valence-electron chi connectivity index (χ3n) is 5.49. The lowest BCUT2D eigenvalue weighted by molar-refractivity contribution is 0.597. The van der Waals surface area contributed by atoms with Gasteiger partial charge in [-0.2, -0.15) is 0 Å². The molecule has 0 unspecified atom stereocenters. The molecule has 3 aromatic rings. The zero-order valence-corrected chi connectivity index (χ0v) is 18.5. The largest absolute Gasteiger partial charge is 0.302 e. The van der Waals surface area contributed by atoms with Crippen molar-refractivity contribution >= 4 is 43.2 Å². The number of rotatable bonds is 5. The lowest BCUT2D eigenvalue weighted by Crippen LogP contribution is -2.11. The first-order chi connectivity index (χ1) is 13.9. The maximum absolute atomic E-state index is 11.9. The summed E-state index contributed by atoms with van der Waals surface area (Å²) in [7, 11) is -2.99. The third kappa shape index (κ3) is 3.40. The van der Waals surface area contributed by atoms with Crippen molar-refractivity contribution in [2.24, 2.45) is 0 Å². The first kappa shape index (κ1) is 19.2. The zero-order chi connectivity index (χ0) is 20.2. The van der Waals surface area contributed by atoms with Crippen LogP contribution in [0.15, 0.2) is 22.8 Å². The molecule has 4 heterocycles. The van der Waals surface area contributed by atoms with Gasteiger partial charge in [-0.15, -0.1) is 28.1 Å². The van der Waals surface area contributed by atoms with Gasteiger partial charge in [0, 0.05) is 22.7 Å². The standard InChI is InChI=1S/C19H21N5O2S3/c1-3-8-24-16(12-7-9-29(25,26)10-12)22-23-19(24)28-18-15-13-5-4-6-14(13)27-17(15)20-11(2)21-18/h3,12H,1,4-10H2,2H3/t12-/m0/s1. The Bertz CT molecular complexity index is 1230. The minimum Gasteiger partial charge on any atom is -0.302 e. The van der Waals surface area contributed by atoms with Gasteiger partial charge in [0.1, 0.15) is 21.5 Å². The molecule has 0 aromatic carbocycles. The van der Waals surface area contributed by atoms with Gasteiger partial charge in [0.05, 0.1) is 11.5 Å². The molecule has 152 valence electrons. The predicted molar refractivity (Wildman–Crippen MR) is 115 cm³/mol. The topological polar surface area (TPSA) is 90.6 Å². The van der Waals surface area contributed by atoms with Crippen LogP contribution in [0.25, 0.3) is 10.2 Å². The molecule has 0 saturated carbocycles. The van der Waals surface area contributed by atoms with E-state index in [1.807, 2.05) is 11.5 Å². The molecule has 10 heteroatoms. The summed E-state index contributed by atoms with van der Waals surface area (Å²) in [5.74, 6) is 1.72. The number of thiophene rings is 1. The summed E-state index contributed by atoms with van der Waals surface area (Å²) in [6.45, 7) is 6.31. The third-order valence-corrected chi connectivity index (χ3v) is 9.41. The van der Waals surface area contributed by atoms with E-state index in [9.17, 15) is 8.42 Å². The number of sulfone groups is 1. The molecule has 0 N–H and O–H groups in total. The van der Waals surface area contributed by atoms with E-state index in [0.29, 0.717) is 13.0 Å². The number of hydrogen-bond acceptors (Lipinski definition) is 8. The van der Waals surface area contributed by atoms with E-state index < -0.39 is 9.84 Å². The molecular weight excluding hydrogens is 426 g/mol. The quantitative estimate of drug-likeness (QED) is 0.438. The van der Waals surface area contributed by atoms with E-state index in [2.05, 4.69) is 21.8 Å². The normalized spacial score (nSPS) is 20.4. The molecule has 0 bridgehead atoms. The van der Waals surface area contributed by atoms with Gasteiger partial charge in [-0.3, -0.25) is 0 Å². The Kier molecular flexibility index (Phi) is 4.75. The molecule has 1 fully saturated rings. The van der Waals surface area contributed by atoms with Crippen molar-refractivity contribution in [1.82, 2.24) is 24.7 Å². The van der Waals surface area contributed by atoms with Crippen LogP contribution >= 0.6 is 23.1 Å². The first-order valence-corrected chi connectivity index (χ1v) is 13.1. The average Bonchev–Trinajstić information content (AvgIpc) is 3.39. The molecule has 3 aromatic heterocycles. The van der Waals surface area contributed by atoms with E-state index in [0.717, 1.165) is 44.9 Å². The van der Waals surface area contributed by atoms with Crippen molar-refractivity contribution in [3.05, 3.63) is 34.7 Å². The fourth-order valence-corrected chi connectivity index (χ4v) is 8.34. The monoisotopic (exact) mass is 447 g/mol. The van der Waals surface area contributed by atoms with Gasteiger partial charge in [0.25, 0.3) is 0 Å². The summed E-state index contributed by atoms with van der Waals surface area (Å²) in [6.07, 6.45) is 5.76. The van der Waals surface area contributed by atoms with Crippen molar-refractivity contribution in [2.75, 3.05) is 11.5 Å². The van der Waals surface area contributed by atoms with Crippen LogP contribution in [0, 0.1) is 6.92 Å². The molecular formula is C19H21N5O2S3. The summed E-state index contributed by atoms with van der Waals surface area (Å²) < 4.78 is 25.9. The lowest BCUT2D eigenvalue weighted by atomic mass is 10.1. The van der Waals surface area contributed by atoms with Crippen LogP contribution in [-0.4, -0.2) is 44.7 Å². The molecule has 0 radical (unpaired) electrons. The Morgan fingerprint density at radius 2 is 2.17 bits per heavy atom. The second kappa shape index (κ2) is 7.17. The molecule has 0 spiro atoms. The van der Waals surface area contributed by atoms with Gasteiger partial charge in [0.2, 0.25) is 0 Å². The molecule has 1 saturated heterocycles. The molecule has 1 aliphatic heterocycles. The highest BCUT2D eigenvalue weighted by Gasteiger charge is 2.33. The van der Waals surface area contributed by atoms with E-state index in [-0.39, 0.29) is 17.4 Å². The van der Waals surface area contributed by atoms with Crippen LogP contribution in [-0.2, 0) is 29.2 Å². The Labute approximate surface area is 177 Å². The van der Waals surface area contributed by atoms with Crippen LogP contribution in [0.5, 0.6) is 0 Å². The Hall–Kier alpha value is -1.78. The highest BCUT2D eigenvalue weighted by Crippen LogP contribution is 2.42. The Morgan fingerprint density at radius 3 is 2.93 bits per heavy atom. The van der Waals surface area contributed by atoms with Crippen LogP contribution in [0.4, 0.5) is 0 Å².